The number of rotatable bonds is 4. The lowest BCUT2D eigenvalue weighted by molar-refractivity contribution is 0.452. The van der Waals surface area contributed by atoms with Gasteiger partial charge in [-0.15, -0.1) is 11.3 Å². The highest BCUT2D eigenvalue weighted by Crippen LogP contribution is 2.24. The molecule has 1 aromatic carbocycles. The monoisotopic (exact) mass is 282 g/mol. The zero-order valence-corrected chi connectivity index (χ0v) is 11.9. The number of para-hydroxylation sites is 1. The predicted octanol–water partition coefficient (Wildman–Crippen LogP) is 4.22. The molecule has 20 heavy (non-hydrogen) atoms. The lowest BCUT2D eigenvalue weighted by atomic mass is 10.2. The molecule has 0 fully saturated rings. The van der Waals surface area contributed by atoms with Crippen molar-refractivity contribution in [2.24, 2.45) is 0 Å². The average Bonchev–Trinajstić information content (AvgIpc) is 3.10. The van der Waals surface area contributed by atoms with Gasteiger partial charge in [-0.3, -0.25) is 0 Å². The van der Waals surface area contributed by atoms with E-state index in [1.54, 1.807) is 11.3 Å². The second-order valence-electron chi connectivity index (χ2n) is 4.70. The van der Waals surface area contributed by atoms with Gasteiger partial charge in [-0.2, -0.15) is 5.26 Å². The molecule has 2 aromatic heterocycles. The molecule has 100 valence electrons. The van der Waals surface area contributed by atoms with E-state index < -0.39 is 0 Å². The van der Waals surface area contributed by atoms with Crippen LogP contribution in [0.4, 0.5) is 0 Å². The van der Waals surface area contributed by atoms with Gasteiger partial charge in [-0.05, 0) is 25.1 Å². The summed E-state index contributed by atoms with van der Waals surface area (Å²) in [4.78, 5) is 1.16. The minimum atomic E-state index is 0.134. The second-order valence-corrected chi connectivity index (χ2v) is 5.70. The van der Waals surface area contributed by atoms with Crippen molar-refractivity contribution in [3.05, 3.63) is 58.0 Å². The summed E-state index contributed by atoms with van der Waals surface area (Å²) < 4.78 is 5.83. The third-order valence-electron chi connectivity index (χ3n) is 3.24. The van der Waals surface area contributed by atoms with Crippen LogP contribution < -0.4 is 5.32 Å². The van der Waals surface area contributed by atoms with Crippen LogP contribution in [0, 0.1) is 11.3 Å². The van der Waals surface area contributed by atoms with Crippen molar-refractivity contribution in [3.8, 4) is 6.07 Å². The molecule has 3 rings (SSSR count). The molecule has 0 aliphatic rings. The van der Waals surface area contributed by atoms with Crippen LogP contribution >= 0.6 is 11.3 Å². The van der Waals surface area contributed by atoms with Crippen molar-refractivity contribution in [3.63, 3.8) is 0 Å². The summed E-state index contributed by atoms with van der Waals surface area (Å²) in [6.45, 7) is 2.82. The highest BCUT2D eigenvalue weighted by Gasteiger charge is 2.11. The van der Waals surface area contributed by atoms with Gasteiger partial charge in [0.15, 0.2) is 0 Å². The summed E-state index contributed by atoms with van der Waals surface area (Å²) in [6, 6.07) is 14.3. The number of fused-ring (bicyclic) bond motifs is 1. The standard InChI is InChI=1S/C16H14N2OS/c1-11(18-9-14-6-12(8-17)10-20-14)16-7-13-4-2-3-5-15(13)19-16/h2-7,10-11,18H,9H2,1H3. The number of nitriles is 1. The molecule has 0 aliphatic heterocycles. The molecule has 0 bridgehead atoms. The van der Waals surface area contributed by atoms with E-state index >= 15 is 0 Å². The van der Waals surface area contributed by atoms with Crippen molar-refractivity contribution in [2.45, 2.75) is 19.5 Å². The van der Waals surface area contributed by atoms with Gasteiger partial charge in [0.25, 0.3) is 0 Å². The quantitative estimate of drug-likeness (QED) is 0.779. The fraction of sp³-hybridized carbons (Fsp3) is 0.188. The summed E-state index contributed by atoms with van der Waals surface area (Å²) in [5, 5.41) is 15.2. The molecule has 0 aliphatic carbocycles. The van der Waals surface area contributed by atoms with Gasteiger partial charge in [0.05, 0.1) is 11.6 Å². The zero-order chi connectivity index (χ0) is 13.9. The lowest BCUT2D eigenvalue weighted by Gasteiger charge is -2.09. The topological polar surface area (TPSA) is 49.0 Å². The summed E-state index contributed by atoms with van der Waals surface area (Å²) in [5.41, 5.74) is 1.64. The Kier molecular flexibility index (Phi) is 3.55. The van der Waals surface area contributed by atoms with Gasteiger partial charge in [0, 0.05) is 22.2 Å². The molecular weight excluding hydrogens is 268 g/mol. The molecule has 3 aromatic rings. The first kappa shape index (κ1) is 12.9. The molecule has 2 heterocycles. The smallest absolute Gasteiger partial charge is 0.134 e. The number of thiophene rings is 1. The van der Waals surface area contributed by atoms with Crippen LogP contribution in [0.1, 0.15) is 29.2 Å². The van der Waals surface area contributed by atoms with E-state index in [4.69, 9.17) is 9.68 Å². The van der Waals surface area contributed by atoms with Crippen molar-refractivity contribution >= 4 is 22.3 Å². The highest BCUT2D eigenvalue weighted by molar-refractivity contribution is 7.10. The van der Waals surface area contributed by atoms with Gasteiger partial charge in [0.2, 0.25) is 0 Å². The maximum absolute atomic E-state index is 8.81. The fourth-order valence-corrected chi connectivity index (χ4v) is 2.86. The van der Waals surface area contributed by atoms with E-state index in [9.17, 15) is 0 Å². The zero-order valence-electron chi connectivity index (χ0n) is 11.1. The molecule has 0 radical (unpaired) electrons. The average molecular weight is 282 g/mol. The van der Waals surface area contributed by atoms with Crippen molar-refractivity contribution < 1.29 is 4.42 Å². The third-order valence-corrected chi connectivity index (χ3v) is 4.17. The van der Waals surface area contributed by atoms with E-state index in [-0.39, 0.29) is 6.04 Å². The molecular formula is C16H14N2OS. The van der Waals surface area contributed by atoms with E-state index in [2.05, 4.69) is 24.4 Å². The van der Waals surface area contributed by atoms with Crippen LogP contribution in [0.3, 0.4) is 0 Å². The number of hydrogen-bond donors (Lipinski definition) is 1. The van der Waals surface area contributed by atoms with Crippen molar-refractivity contribution in [2.75, 3.05) is 0 Å². The summed E-state index contributed by atoms with van der Waals surface area (Å²) in [6.07, 6.45) is 0. The molecule has 0 amide bonds. The number of furan rings is 1. The van der Waals surface area contributed by atoms with E-state index in [0.29, 0.717) is 0 Å². The Labute approximate surface area is 121 Å². The van der Waals surface area contributed by atoms with Crippen LogP contribution in [-0.4, -0.2) is 0 Å². The van der Waals surface area contributed by atoms with Crippen molar-refractivity contribution in [1.29, 1.82) is 5.26 Å². The van der Waals surface area contributed by atoms with Crippen LogP contribution in [0.2, 0.25) is 0 Å². The number of hydrogen-bond acceptors (Lipinski definition) is 4. The predicted molar refractivity (Wildman–Crippen MR) is 80.5 cm³/mol. The highest BCUT2D eigenvalue weighted by atomic mass is 32.1. The van der Waals surface area contributed by atoms with Gasteiger partial charge in [0.1, 0.15) is 17.4 Å². The van der Waals surface area contributed by atoms with Crippen LogP contribution in [0.15, 0.2) is 46.2 Å². The summed E-state index contributed by atoms with van der Waals surface area (Å²) in [5.74, 6) is 0.934. The van der Waals surface area contributed by atoms with E-state index in [0.717, 1.165) is 33.7 Å². The Balaban J connectivity index is 1.69. The third kappa shape index (κ3) is 2.60. The Hall–Kier alpha value is -2.09. The lowest BCUT2D eigenvalue weighted by Crippen LogP contribution is -2.16. The first-order chi connectivity index (χ1) is 9.76. The Morgan fingerprint density at radius 3 is 2.95 bits per heavy atom. The van der Waals surface area contributed by atoms with Crippen LogP contribution in [0.25, 0.3) is 11.0 Å². The number of benzene rings is 1. The normalized spacial score (nSPS) is 12.4. The minimum Gasteiger partial charge on any atom is -0.459 e. The van der Waals surface area contributed by atoms with Gasteiger partial charge in [-0.1, -0.05) is 18.2 Å². The van der Waals surface area contributed by atoms with Gasteiger partial charge >= 0.3 is 0 Å². The first-order valence-electron chi connectivity index (χ1n) is 6.45. The first-order valence-corrected chi connectivity index (χ1v) is 7.33. The largest absolute Gasteiger partial charge is 0.459 e. The molecule has 1 unspecified atom stereocenters. The molecule has 4 heteroatoms. The van der Waals surface area contributed by atoms with Gasteiger partial charge < -0.3 is 9.73 Å². The molecule has 0 spiro atoms. The SMILES string of the molecule is CC(NCc1cc(C#N)cs1)c1cc2ccccc2o1. The van der Waals surface area contributed by atoms with E-state index in [1.807, 2.05) is 35.7 Å². The fourth-order valence-electron chi connectivity index (χ4n) is 2.10. The molecule has 0 saturated heterocycles. The number of nitrogens with zero attached hydrogens (tertiary/aromatic N) is 1. The Bertz CT molecular complexity index is 733. The van der Waals surface area contributed by atoms with Gasteiger partial charge in [-0.25, -0.2) is 0 Å². The number of nitrogens with one attached hydrogen (secondary N) is 1. The molecule has 1 atom stereocenters. The van der Waals surface area contributed by atoms with E-state index in [1.165, 1.54) is 0 Å². The summed E-state index contributed by atoms with van der Waals surface area (Å²) >= 11 is 1.60. The minimum absolute atomic E-state index is 0.134. The maximum Gasteiger partial charge on any atom is 0.134 e. The van der Waals surface area contributed by atoms with Crippen molar-refractivity contribution in [1.82, 2.24) is 5.32 Å². The second kappa shape index (κ2) is 5.49. The van der Waals surface area contributed by atoms with Crippen LogP contribution in [-0.2, 0) is 6.54 Å². The molecule has 3 nitrogen and oxygen atoms in total. The molecule has 1 N–H and O–H groups in total. The maximum atomic E-state index is 8.81. The summed E-state index contributed by atoms with van der Waals surface area (Å²) in [7, 11) is 0. The van der Waals surface area contributed by atoms with Crippen LogP contribution in [0.5, 0.6) is 0 Å². The Morgan fingerprint density at radius 2 is 2.20 bits per heavy atom. The molecule has 0 saturated carbocycles. The Morgan fingerprint density at radius 1 is 1.35 bits per heavy atom.